The fraction of sp³-hybridized carbons (Fsp3) is 0.917. The Hall–Kier alpha value is -1.32. The third-order valence-electron chi connectivity index (χ3n) is 17.6. The Labute approximate surface area is 320 Å². The molecule has 0 heterocycles. The highest BCUT2D eigenvalue weighted by molar-refractivity contribution is 5.76. The van der Waals surface area contributed by atoms with Crippen molar-refractivity contribution in [3.8, 4) is 0 Å². The van der Waals surface area contributed by atoms with Gasteiger partial charge in [0.2, 0.25) is 0 Å². The summed E-state index contributed by atoms with van der Waals surface area (Å²) in [5.41, 5.74) is 1.26. The lowest BCUT2D eigenvalue weighted by Gasteiger charge is -2.71. The molecule has 10 atom stereocenters. The lowest BCUT2D eigenvalue weighted by atomic mass is 9.33. The molecule has 5 aliphatic carbocycles. The summed E-state index contributed by atoms with van der Waals surface area (Å²) in [7, 11) is 0. The van der Waals surface area contributed by atoms with Crippen molar-refractivity contribution >= 4 is 11.9 Å². The van der Waals surface area contributed by atoms with E-state index >= 15 is 0 Å². The molecule has 0 saturated heterocycles. The van der Waals surface area contributed by atoms with Gasteiger partial charge in [0.1, 0.15) is 6.10 Å². The van der Waals surface area contributed by atoms with E-state index in [-0.39, 0.29) is 39.7 Å². The normalized spacial score (nSPS) is 39.3. The van der Waals surface area contributed by atoms with Gasteiger partial charge in [-0.15, -0.1) is 0 Å². The molecule has 0 aromatic rings. The fourth-order valence-electron chi connectivity index (χ4n) is 13.9. The van der Waals surface area contributed by atoms with Crippen LogP contribution in [0, 0.1) is 56.7 Å². The smallest absolute Gasteiger partial charge is 0.310 e. The fourth-order valence-corrected chi connectivity index (χ4v) is 13.9. The van der Waals surface area contributed by atoms with E-state index in [1.54, 1.807) is 0 Å². The molecule has 0 aliphatic heterocycles. The Morgan fingerprint density at radius 2 is 1.29 bits per heavy atom. The molecule has 0 aromatic carbocycles. The predicted octanol–water partition coefficient (Wildman–Crippen LogP) is 13.9. The SMILES string of the molecule is CCCCCCCCCCCCCCCCCC(=O)O[C@H]1CC[C@]2(C)[C@H]3CC=C4[C@@H]5[C@@H](C)[C@H](C)CC[C@]5(C(=O)O)CC[C@@]4(C)[C@]3(C)CC[C@H]2C1(C)C. The number of hydrogen-bond donors (Lipinski definition) is 1. The number of allylic oxidation sites excluding steroid dienone is 2. The maximum Gasteiger partial charge on any atom is 0.310 e. The summed E-state index contributed by atoms with van der Waals surface area (Å²) in [4.78, 5) is 26.3. The lowest BCUT2D eigenvalue weighted by Crippen LogP contribution is -2.65. The number of carboxylic acids is 1. The Morgan fingerprint density at radius 3 is 1.87 bits per heavy atom. The van der Waals surface area contributed by atoms with Gasteiger partial charge in [-0.05, 0) is 110 Å². The molecule has 4 heteroatoms. The molecular weight excluding hydrogens is 641 g/mol. The molecule has 1 N–H and O–H groups in total. The lowest BCUT2D eigenvalue weighted by molar-refractivity contribution is -0.214. The highest BCUT2D eigenvalue weighted by Crippen LogP contribution is 2.76. The summed E-state index contributed by atoms with van der Waals surface area (Å²) in [6.07, 6.45) is 32.4. The number of fused-ring (bicyclic) bond motifs is 7. The van der Waals surface area contributed by atoms with Gasteiger partial charge in [-0.3, -0.25) is 9.59 Å². The average Bonchev–Trinajstić information content (AvgIpc) is 3.09. The second-order valence-electron chi connectivity index (χ2n) is 20.6. The number of carbonyl (C=O) groups is 2. The highest BCUT2D eigenvalue weighted by atomic mass is 16.5. The van der Waals surface area contributed by atoms with Crippen LogP contribution in [0.4, 0.5) is 0 Å². The van der Waals surface area contributed by atoms with Crippen LogP contribution in [0.15, 0.2) is 11.6 Å². The summed E-state index contributed by atoms with van der Waals surface area (Å²) >= 11 is 0. The van der Waals surface area contributed by atoms with Gasteiger partial charge < -0.3 is 9.84 Å². The quantitative estimate of drug-likeness (QED) is 0.0869. The van der Waals surface area contributed by atoms with E-state index in [2.05, 4.69) is 61.5 Å². The van der Waals surface area contributed by atoms with Crippen molar-refractivity contribution in [3.05, 3.63) is 11.6 Å². The zero-order valence-corrected chi connectivity index (χ0v) is 35.4. The van der Waals surface area contributed by atoms with Crippen molar-refractivity contribution in [2.24, 2.45) is 56.7 Å². The van der Waals surface area contributed by atoms with Crippen LogP contribution in [0.5, 0.6) is 0 Å². The number of unbranched alkanes of at least 4 members (excludes halogenated alkanes) is 14. The summed E-state index contributed by atoms with van der Waals surface area (Å²) in [5, 5.41) is 10.7. The van der Waals surface area contributed by atoms with Crippen LogP contribution in [0.1, 0.15) is 216 Å². The van der Waals surface area contributed by atoms with Gasteiger partial charge in [-0.2, -0.15) is 0 Å². The van der Waals surface area contributed by atoms with Crippen LogP contribution in [-0.4, -0.2) is 23.1 Å². The van der Waals surface area contributed by atoms with E-state index in [9.17, 15) is 14.7 Å². The third-order valence-corrected chi connectivity index (χ3v) is 17.6. The Balaban J connectivity index is 1.10. The minimum absolute atomic E-state index is 0.000471. The zero-order valence-electron chi connectivity index (χ0n) is 35.4. The van der Waals surface area contributed by atoms with Crippen LogP contribution in [-0.2, 0) is 14.3 Å². The van der Waals surface area contributed by atoms with Crippen molar-refractivity contribution in [3.63, 3.8) is 0 Å². The van der Waals surface area contributed by atoms with Crippen LogP contribution in [0.2, 0.25) is 0 Å². The summed E-state index contributed by atoms with van der Waals surface area (Å²) in [6, 6.07) is 0. The van der Waals surface area contributed by atoms with Crippen molar-refractivity contribution in [2.75, 3.05) is 0 Å². The molecular formula is C48H82O4. The standard InChI is InChI=1S/C48H82O4/c1-9-10-11-12-13-14-15-16-17-18-19-20-21-22-23-24-41(49)52-40-29-30-45(6)38(44(40,4)5)28-31-47(8)39(45)26-25-37-42-36(3)35(2)27-32-48(42,43(50)51)34-33-46(37,47)7/h25,35-36,38-40,42H,9-24,26-34H2,1-8H3,(H,50,51)/t35-,36+,38+,39-,40+,42+,45+,46-,47-,48+/m1/s1. The van der Waals surface area contributed by atoms with Crippen molar-refractivity contribution in [1.82, 2.24) is 0 Å². The van der Waals surface area contributed by atoms with E-state index in [1.807, 2.05) is 0 Å². The number of carboxylic acid groups (broad SMARTS) is 1. The van der Waals surface area contributed by atoms with E-state index in [0.717, 1.165) is 57.8 Å². The summed E-state index contributed by atoms with van der Waals surface area (Å²) < 4.78 is 6.39. The number of aliphatic carboxylic acids is 1. The monoisotopic (exact) mass is 723 g/mol. The van der Waals surface area contributed by atoms with E-state index < -0.39 is 11.4 Å². The largest absolute Gasteiger partial charge is 0.481 e. The molecule has 5 rings (SSSR count). The number of esters is 1. The van der Waals surface area contributed by atoms with Crippen LogP contribution in [0.3, 0.4) is 0 Å². The van der Waals surface area contributed by atoms with Crippen molar-refractivity contribution in [2.45, 2.75) is 222 Å². The minimum atomic E-state index is -0.585. The summed E-state index contributed by atoms with van der Waals surface area (Å²) in [5.74, 6) is 1.69. The topological polar surface area (TPSA) is 63.6 Å². The van der Waals surface area contributed by atoms with Gasteiger partial charge in [0, 0.05) is 11.8 Å². The molecule has 4 nitrogen and oxygen atoms in total. The number of carbonyl (C=O) groups excluding carboxylic acids is 1. The average molecular weight is 723 g/mol. The second-order valence-corrected chi connectivity index (χ2v) is 20.6. The van der Waals surface area contributed by atoms with Gasteiger partial charge in [-0.1, -0.05) is 157 Å². The van der Waals surface area contributed by atoms with Gasteiger partial charge >= 0.3 is 11.9 Å². The Kier molecular flexibility index (Phi) is 13.9. The van der Waals surface area contributed by atoms with E-state index in [0.29, 0.717) is 30.1 Å². The molecule has 0 unspecified atom stereocenters. The molecule has 52 heavy (non-hydrogen) atoms. The maximum absolute atomic E-state index is 13.2. The van der Waals surface area contributed by atoms with Gasteiger partial charge in [0.05, 0.1) is 5.41 Å². The number of ether oxygens (including phenoxy) is 1. The third kappa shape index (κ3) is 7.86. The molecule has 0 aromatic heterocycles. The molecule has 298 valence electrons. The number of rotatable bonds is 18. The van der Waals surface area contributed by atoms with E-state index in [1.165, 1.54) is 102 Å². The maximum atomic E-state index is 13.2. The van der Waals surface area contributed by atoms with Crippen molar-refractivity contribution in [1.29, 1.82) is 0 Å². The molecule has 0 bridgehead atoms. The predicted molar refractivity (Wildman–Crippen MR) is 216 cm³/mol. The van der Waals surface area contributed by atoms with Crippen LogP contribution in [0.25, 0.3) is 0 Å². The highest BCUT2D eigenvalue weighted by Gasteiger charge is 2.69. The second kappa shape index (κ2) is 17.2. The van der Waals surface area contributed by atoms with Gasteiger partial charge in [0.15, 0.2) is 0 Å². The first-order valence-electron chi connectivity index (χ1n) is 22.8. The Bertz CT molecular complexity index is 1230. The first-order chi connectivity index (χ1) is 24.7. The van der Waals surface area contributed by atoms with Crippen LogP contribution < -0.4 is 0 Å². The Morgan fingerprint density at radius 1 is 0.712 bits per heavy atom. The first kappa shape index (κ1) is 41.8. The molecule has 5 aliphatic rings. The van der Waals surface area contributed by atoms with Crippen molar-refractivity contribution < 1.29 is 19.4 Å². The molecule has 0 amide bonds. The molecule has 4 fully saturated rings. The van der Waals surface area contributed by atoms with E-state index in [4.69, 9.17) is 4.74 Å². The molecule has 0 radical (unpaired) electrons. The van der Waals surface area contributed by atoms with Gasteiger partial charge in [-0.25, -0.2) is 0 Å². The van der Waals surface area contributed by atoms with Crippen LogP contribution >= 0.6 is 0 Å². The molecule has 0 spiro atoms. The van der Waals surface area contributed by atoms with Gasteiger partial charge in [0.25, 0.3) is 0 Å². The minimum Gasteiger partial charge on any atom is -0.481 e. The summed E-state index contributed by atoms with van der Waals surface area (Å²) in [6.45, 7) is 19.6. The zero-order chi connectivity index (χ0) is 37.8. The molecule has 4 saturated carbocycles. The number of hydrogen-bond acceptors (Lipinski definition) is 3. The first-order valence-corrected chi connectivity index (χ1v) is 22.8.